The van der Waals surface area contributed by atoms with Crippen LogP contribution in [0.25, 0.3) is 11.0 Å². The van der Waals surface area contributed by atoms with E-state index in [1.165, 1.54) is 5.52 Å². The smallest absolute Gasteiger partial charge is 0.112 e. The fraction of sp³-hybridized carbons (Fsp3) is 0.611. The van der Waals surface area contributed by atoms with E-state index in [4.69, 9.17) is 4.98 Å². The molecule has 0 spiro atoms. The predicted octanol–water partition coefficient (Wildman–Crippen LogP) is 3.93. The number of hydrogen-bond donors (Lipinski definition) is 1. The molecule has 1 aliphatic carbocycles. The van der Waals surface area contributed by atoms with Crippen LogP contribution in [-0.2, 0) is 13.0 Å². The molecule has 2 aromatic rings. The van der Waals surface area contributed by atoms with Gasteiger partial charge in [0.15, 0.2) is 0 Å². The van der Waals surface area contributed by atoms with Gasteiger partial charge in [0.2, 0.25) is 0 Å². The lowest BCUT2D eigenvalue weighted by molar-refractivity contribution is 0.0352. The Kier molecular flexibility index (Phi) is 3.56. The van der Waals surface area contributed by atoms with Crippen molar-refractivity contribution in [2.45, 2.75) is 65.0 Å². The Hall–Kier alpha value is -1.35. The molecule has 3 heteroatoms. The van der Waals surface area contributed by atoms with Gasteiger partial charge in [-0.2, -0.15) is 0 Å². The molecule has 114 valence electrons. The molecule has 1 saturated carbocycles. The largest absolute Gasteiger partial charge is 0.389 e. The van der Waals surface area contributed by atoms with Crippen LogP contribution in [0.1, 0.15) is 52.3 Å². The quantitative estimate of drug-likeness (QED) is 0.924. The summed E-state index contributed by atoms with van der Waals surface area (Å²) < 4.78 is 2.29. The van der Waals surface area contributed by atoms with Crippen molar-refractivity contribution in [3.05, 3.63) is 30.1 Å². The molecule has 1 unspecified atom stereocenters. The van der Waals surface area contributed by atoms with Crippen LogP contribution in [0.5, 0.6) is 0 Å². The van der Waals surface area contributed by atoms with E-state index in [2.05, 4.69) is 43.5 Å². The Balaban J connectivity index is 1.95. The number of rotatable bonds is 4. The highest BCUT2D eigenvalue weighted by atomic mass is 16.3. The Morgan fingerprint density at radius 1 is 1.24 bits per heavy atom. The van der Waals surface area contributed by atoms with E-state index in [0.717, 1.165) is 43.6 Å². The van der Waals surface area contributed by atoms with Crippen LogP contribution in [-0.4, -0.2) is 20.3 Å². The van der Waals surface area contributed by atoms with E-state index in [1.54, 1.807) is 0 Å². The van der Waals surface area contributed by atoms with E-state index in [-0.39, 0.29) is 5.41 Å². The molecule has 3 nitrogen and oxygen atoms in total. The molecule has 0 bridgehead atoms. The van der Waals surface area contributed by atoms with Crippen molar-refractivity contribution in [2.24, 2.45) is 5.41 Å². The lowest BCUT2D eigenvalue weighted by atomic mass is 9.88. The van der Waals surface area contributed by atoms with Crippen molar-refractivity contribution in [2.75, 3.05) is 0 Å². The van der Waals surface area contributed by atoms with Crippen LogP contribution in [0.4, 0.5) is 0 Å². The van der Waals surface area contributed by atoms with Crippen molar-refractivity contribution in [3.63, 3.8) is 0 Å². The molecule has 0 amide bonds. The van der Waals surface area contributed by atoms with Crippen LogP contribution in [0.15, 0.2) is 24.3 Å². The highest BCUT2D eigenvalue weighted by Crippen LogP contribution is 2.45. The summed E-state index contributed by atoms with van der Waals surface area (Å²) in [6.45, 7) is 7.65. The number of aliphatic hydroxyl groups is 1. The molecular weight excluding hydrogens is 260 g/mol. The standard InChI is InChI=1S/C18H26N2O/c1-4-11-20-15-8-6-5-7-14(15)19-16(20)12-18(21)10-9-17(2,3)13-18/h5-8,21H,4,9-13H2,1-3H3. The summed E-state index contributed by atoms with van der Waals surface area (Å²) >= 11 is 0. The summed E-state index contributed by atoms with van der Waals surface area (Å²) in [6, 6.07) is 8.29. The van der Waals surface area contributed by atoms with Gasteiger partial charge in [0.05, 0.1) is 16.6 Å². The third kappa shape index (κ3) is 2.84. The van der Waals surface area contributed by atoms with E-state index in [9.17, 15) is 5.11 Å². The van der Waals surface area contributed by atoms with Crippen molar-refractivity contribution < 1.29 is 5.11 Å². The van der Waals surface area contributed by atoms with Gasteiger partial charge in [-0.1, -0.05) is 32.9 Å². The highest BCUT2D eigenvalue weighted by Gasteiger charge is 2.42. The number of benzene rings is 1. The zero-order chi connectivity index (χ0) is 15.1. The van der Waals surface area contributed by atoms with Crippen LogP contribution in [0.2, 0.25) is 0 Å². The lowest BCUT2D eigenvalue weighted by Gasteiger charge is -2.25. The minimum atomic E-state index is -0.587. The van der Waals surface area contributed by atoms with Crippen molar-refractivity contribution in [1.82, 2.24) is 9.55 Å². The Bertz CT molecular complexity index is 644. The Morgan fingerprint density at radius 3 is 2.67 bits per heavy atom. The minimum Gasteiger partial charge on any atom is -0.389 e. The van der Waals surface area contributed by atoms with Crippen LogP contribution < -0.4 is 0 Å². The molecule has 1 N–H and O–H groups in total. The van der Waals surface area contributed by atoms with E-state index in [1.807, 2.05) is 6.07 Å². The molecule has 1 heterocycles. The Labute approximate surface area is 127 Å². The maximum absolute atomic E-state index is 10.9. The number of imidazole rings is 1. The average molecular weight is 286 g/mol. The molecule has 0 saturated heterocycles. The number of fused-ring (bicyclic) bond motifs is 1. The number of aryl methyl sites for hydroxylation is 1. The van der Waals surface area contributed by atoms with Crippen LogP contribution in [0, 0.1) is 5.41 Å². The van der Waals surface area contributed by atoms with Crippen LogP contribution in [0.3, 0.4) is 0 Å². The zero-order valence-electron chi connectivity index (χ0n) is 13.4. The van der Waals surface area contributed by atoms with Gasteiger partial charge in [-0.25, -0.2) is 4.98 Å². The maximum Gasteiger partial charge on any atom is 0.112 e. The van der Waals surface area contributed by atoms with Gasteiger partial charge in [-0.05, 0) is 43.2 Å². The van der Waals surface area contributed by atoms with Crippen molar-refractivity contribution >= 4 is 11.0 Å². The van der Waals surface area contributed by atoms with Gasteiger partial charge < -0.3 is 9.67 Å². The molecule has 1 aliphatic rings. The third-order valence-corrected chi connectivity index (χ3v) is 4.74. The number of aromatic nitrogens is 2. The van der Waals surface area contributed by atoms with Gasteiger partial charge in [0.1, 0.15) is 5.82 Å². The molecule has 1 aromatic heterocycles. The lowest BCUT2D eigenvalue weighted by Crippen LogP contribution is -2.30. The molecule has 0 radical (unpaired) electrons. The van der Waals surface area contributed by atoms with Crippen molar-refractivity contribution in [3.8, 4) is 0 Å². The first-order valence-electron chi connectivity index (χ1n) is 8.09. The normalized spacial score (nSPS) is 24.8. The fourth-order valence-electron chi connectivity index (χ4n) is 3.82. The van der Waals surface area contributed by atoms with Gasteiger partial charge in [-0.3, -0.25) is 0 Å². The second-order valence-electron chi connectivity index (χ2n) is 7.41. The maximum atomic E-state index is 10.9. The molecular formula is C18H26N2O. The fourth-order valence-corrected chi connectivity index (χ4v) is 3.82. The summed E-state index contributed by atoms with van der Waals surface area (Å²) in [7, 11) is 0. The second-order valence-corrected chi connectivity index (χ2v) is 7.41. The minimum absolute atomic E-state index is 0.246. The molecule has 21 heavy (non-hydrogen) atoms. The molecule has 1 atom stereocenters. The van der Waals surface area contributed by atoms with Crippen LogP contribution >= 0.6 is 0 Å². The second kappa shape index (κ2) is 5.13. The summed E-state index contributed by atoms with van der Waals surface area (Å²) in [4.78, 5) is 4.79. The van der Waals surface area contributed by atoms with Gasteiger partial charge in [0, 0.05) is 13.0 Å². The van der Waals surface area contributed by atoms with Crippen molar-refractivity contribution in [1.29, 1.82) is 0 Å². The zero-order valence-corrected chi connectivity index (χ0v) is 13.4. The molecule has 0 aliphatic heterocycles. The van der Waals surface area contributed by atoms with Gasteiger partial charge >= 0.3 is 0 Å². The monoisotopic (exact) mass is 286 g/mol. The first-order chi connectivity index (χ1) is 9.92. The summed E-state index contributed by atoms with van der Waals surface area (Å²) in [5.41, 5.74) is 1.89. The summed E-state index contributed by atoms with van der Waals surface area (Å²) in [5.74, 6) is 1.04. The van der Waals surface area contributed by atoms with E-state index < -0.39 is 5.60 Å². The molecule has 1 aromatic carbocycles. The van der Waals surface area contributed by atoms with Gasteiger partial charge in [0.25, 0.3) is 0 Å². The average Bonchev–Trinajstić information content (AvgIpc) is 2.88. The first-order valence-corrected chi connectivity index (χ1v) is 8.09. The number of para-hydroxylation sites is 2. The molecule has 1 fully saturated rings. The number of nitrogens with zero attached hydrogens (tertiary/aromatic N) is 2. The summed E-state index contributed by atoms with van der Waals surface area (Å²) in [5, 5.41) is 10.9. The Morgan fingerprint density at radius 2 is 2.00 bits per heavy atom. The first kappa shape index (κ1) is 14.6. The number of hydrogen-bond acceptors (Lipinski definition) is 2. The van der Waals surface area contributed by atoms with Gasteiger partial charge in [-0.15, -0.1) is 0 Å². The summed E-state index contributed by atoms with van der Waals surface area (Å²) in [6.07, 6.45) is 4.60. The van der Waals surface area contributed by atoms with E-state index in [0.29, 0.717) is 6.42 Å². The third-order valence-electron chi connectivity index (χ3n) is 4.74. The predicted molar refractivity (Wildman–Crippen MR) is 86.3 cm³/mol. The topological polar surface area (TPSA) is 38.0 Å². The molecule has 3 rings (SSSR count). The van der Waals surface area contributed by atoms with E-state index >= 15 is 0 Å². The highest BCUT2D eigenvalue weighted by molar-refractivity contribution is 5.75. The SMILES string of the molecule is CCCn1c(CC2(O)CCC(C)(C)C2)nc2ccccc21.